The number of carbonyl (C=O) groups excluding carboxylic acids is 2. The lowest BCUT2D eigenvalue weighted by atomic mass is 10.1. The highest BCUT2D eigenvalue weighted by Gasteiger charge is 2.27. The van der Waals surface area contributed by atoms with Crippen molar-refractivity contribution in [3.8, 4) is 5.75 Å². The van der Waals surface area contributed by atoms with Crippen LogP contribution in [0.25, 0.3) is 0 Å². The van der Waals surface area contributed by atoms with Crippen LogP contribution in [0.4, 0.5) is 0 Å². The Morgan fingerprint density at radius 2 is 1.87 bits per heavy atom. The molecule has 0 unspecified atom stereocenters. The Bertz CT molecular complexity index is 911. The zero-order valence-corrected chi connectivity index (χ0v) is 20.4. The molecular formula is C21H22BrCl3N2O3. The van der Waals surface area contributed by atoms with E-state index >= 15 is 0 Å². The first kappa shape index (κ1) is 24.8. The Balaban J connectivity index is 2.19. The van der Waals surface area contributed by atoms with Crippen molar-refractivity contribution in [1.82, 2.24) is 10.2 Å². The van der Waals surface area contributed by atoms with Gasteiger partial charge < -0.3 is 15.0 Å². The summed E-state index contributed by atoms with van der Waals surface area (Å²) in [5.41, 5.74) is 0.672. The number of benzene rings is 2. The van der Waals surface area contributed by atoms with Crippen LogP contribution >= 0.6 is 50.7 Å². The van der Waals surface area contributed by atoms with Gasteiger partial charge in [0, 0.05) is 27.6 Å². The van der Waals surface area contributed by atoms with Crippen molar-refractivity contribution >= 4 is 62.5 Å². The van der Waals surface area contributed by atoms with E-state index < -0.39 is 6.04 Å². The standard InChI is InChI=1S/C21H22BrCl3N2O3/c1-3-8-26-21(29)13(2)27(11-14-4-6-16(23)10-17(14)24)20(28)12-30-19-7-5-15(22)9-18(19)25/h4-7,9-10,13H,3,8,11-12H2,1-2H3,(H,26,29)/t13-/m1/s1. The molecule has 0 bridgehead atoms. The van der Waals surface area contributed by atoms with Crippen LogP contribution in [0.15, 0.2) is 40.9 Å². The molecule has 0 heterocycles. The summed E-state index contributed by atoms with van der Waals surface area (Å²) < 4.78 is 6.40. The topological polar surface area (TPSA) is 58.6 Å². The molecule has 2 rings (SSSR count). The molecule has 0 saturated heterocycles. The summed E-state index contributed by atoms with van der Waals surface area (Å²) in [5.74, 6) is -0.253. The molecule has 0 aliphatic carbocycles. The van der Waals surface area contributed by atoms with Gasteiger partial charge >= 0.3 is 0 Å². The molecule has 5 nitrogen and oxygen atoms in total. The summed E-state index contributed by atoms with van der Waals surface area (Å²) in [6.07, 6.45) is 0.792. The maximum absolute atomic E-state index is 13.0. The molecule has 2 aromatic carbocycles. The maximum Gasteiger partial charge on any atom is 0.261 e. The normalized spacial score (nSPS) is 11.7. The number of amides is 2. The first-order chi connectivity index (χ1) is 14.2. The van der Waals surface area contributed by atoms with Crippen molar-refractivity contribution < 1.29 is 14.3 Å². The number of rotatable bonds is 9. The van der Waals surface area contributed by atoms with E-state index in [-0.39, 0.29) is 25.0 Å². The summed E-state index contributed by atoms with van der Waals surface area (Å²) in [5, 5.41) is 4.09. The van der Waals surface area contributed by atoms with Gasteiger partial charge in [-0.25, -0.2) is 0 Å². The van der Waals surface area contributed by atoms with Gasteiger partial charge in [-0.15, -0.1) is 0 Å². The minimum Gasteiger partial charge on any atom is -0.482 e. The van der Waals surface area contributed by atoms with Crippen LogP contribution in [0, 0.1) is 0 Å². The van der Waals surface area contributed by atoms with Crippen molar-refractivity contribution in [2.75, 3.05) is 13.2 Å². The molecule has 1 N–H and O–H groups in total. The summed E-state index contributed by atoms with van der Waals surface area (Å²) >= 11 is 21.7. The fraction of sp³-hybridized carbons (Fsp3) is 0.333. The van der Waals surface area contributed by atoms with E-state index in [0.29, 0.717) is 32.9 Å². The highest BCUT2D eigenvalue weighted by Crippen LogP contribution is 2.28. The highest BCUT2D eigenvalue weighted by atomic mass is 79.9. The van der Waals surface area contributed by atoms with Crippen molar-refractivity contribution in [1.29, 1.82) is 0 Å². The number of carbonyl (C=O) groups is 2. The lowest BCUT2D eigenvalue weighted by Gasteiger charge is -2.29. The average molecular weight is 537 g/mol. The second-order valence-electron chi connectivity index (χ2n) is 6.59. The van der Waals surface area contributed by atoms with Crippen LogP contribution in [0.2, 0.25) is 15.1 Å². The van der Waals surface area contributed by atoms with Crippen molar-refractivity contribution in [2.45, 2.75) is 32.9 Å². The molecule has 2 aromatic rings. The fourth-order valence-corrected chi connectivity index (χ4v) is 3.82. The second-order valence-corrected chi connectivity index (χ2v) is 8.75. The van der Waals surface area contributed by atoms with Crippen LogP contribution < -0.4 is 10.1 Å². The summed E-state index contributed by atoms with van der Waals surface area (Å²) in [7, 11) is 0. The molecule has 162 valence electrons. The van der Waals surface area contributed by atoms with E-state index in [1.807, 2.05) is 6.92 Å². The number of nitrogens with zero attached hydrogens (tertiary/aromatic N) is 1. The summed E-state index contributed by atoms with van der Waals surface area (Å²) in [6.45, 7) is 4.00. The molecule has 2 amide bonds. The zero-order valence-electron chi connectivity index (χ0n) is 16.6. The largest absolute Gasteiger partial charge is 0.482 e. The summed E-state index contributed by atoms with van der Waals surface area (Å²) in [4.78, 5) is 26.9. The van der Waals surface area contributed by atoms with Crippen LogP contribution in [-0.2, 0) is 16.1 Å². The minimum absolute atomic E-state index is 0.132. The third-order valence-corrected chi connectivity index (χ3v) is 5.69. The summed E-state index contributed by atoms with van der Waals surface area (Å²) in [6, 6.07) is 9.39. The van der Waals surface area contributed by atoms with Crippen molar-refractivity contribution in [3.05, 3.63) is 61.5 Å². The van der Waals surface area contributed by atoms with Gasteiger partial charge in [0.1, 0.15) is 11.8 Å². The van der Waals surface area contributed by atoms with E-state index in [2.05, 4.69) is 21.2 Å². The minimum atomic E-state index is -0.722. The Labute approximate surface area is 199 Å². The SMILES string of the molecule is CCCNC(=O)[C@@H](C)N(Cc1ccc(Cl)cc1Cl)C(=O)COc1ccc(Br)cc1Cl. The average Bonchev–Trinajstić information content (AvgIpc) is 2.70. The molecular weight excluding hydrogens is 515 g/mol. The van der Waals surface area contributed by atoms with E-state index in [4.69, 9.17) is 39.5 Å². The maximum atomic E-state index is 13.0. The lowest BCUT2D eigenvalue weighted by molar-refractivity contribution is -0.142. The Hall–Kier alpha value is -1.47. The third kappa shape index (κ3) is 7.05. The monoisotopic (exact) mass is 534 g/mol. The number of ether oxygens (including phenoxy) is 1. The van der Waals surface area contributed by atoms with Gasteiger partial charge in [0.15, 0.2) is 6.61 Å². The second kappa shape index (κ2) is 11.8. The molecule has 0 radical (unpaired) electrons. The Morgan fingerprint density at radius 1 is 1.13 bits per heavy atom. The number of nitrogens with one attached hydrogen (secondary N) is 1. The lowest BCUT2D eigenvalue weighted by Crippen LogP contribution is -2.49. The molecule has 0 fully saturated rings. The number of halogens is 4. The van der Waals surface area contributed by atoms with Crippen LogP contribution in [-0.4, -0.2) is 35.9 Å². The quantitative estimate of drug-likeness (QED) is 0.445. The highest BCUT2D eigenvalue weighted by molar-refractivity contribution is 9.10. The molecule has 0 saturated carbocycles. The molecule has 0 aliphatic rings. The molecule has 1 atom stereocenters. The molecule has 30 heavy (non-hydrogen) atoms. The van der Waals surface area contributed by atoms with E-state index in [1.165, 1.54) is 4.90 Å². The Morgan fingerprint density at radius 3 is 2.50 bits per heavy atom. The first-order valence-electron chi connectivity index (χ1n) is 9.31. The van der Waals surface area contributed by atoms with E-state index in [0.717, 1.165) is 10.9 Å². The molecule has 0 aliphatic heterocycles. The van der Waals surface area contributed by atoms with Crippen LogP contribution in [0.3, 0.4) is 0 Å². The van der Waals surface area contributed by atoms with Gasteiger partial charge in [-0.3, -0.25) is 9.59 Å². The molecule has 0 aromatic heterocycles. The number of hydrogen-bond acceptors (Lipinski definition) is 3. The first-order valence-corrected chi connectivity index (χ1v) is 11.2. The fourth-order valence-electron chi connectivity index (χ4n) is 2.63. The predicted molar refractivity (Wildman–Crippen MR) is 124 cm³/mol. The van der Waals surface area contributed by atoms with E-state index in [9.17, 15) is 9.59 Å². The van der Waals surface area contributed by atoms with Gasteiger partial charge in [0.2, 0.25) is 5.91 Å². The van der Waals surface area contributed by atoms with Gasteiger partial charge in [-0.05, 0) is 49.2 Å². The van der Waals surface area contributed by atoms with Crippen LogP contribution in [0.1, 0.15) is 25.8 Å². The smallest absolute Gasteiger partial charge is 0.261 e. The number of hydrogen-bond donors (Lipinski definition) is 1. The molecule has 9 heteroatoms. The van der Waals surface area contributed by atoms with Crippen molar-refractivity contribution in [3.63, 3.8) is 0 Å². The Kier molecular flexibility index (Phi) is 9.75. The van der Waals surface area contributed by atoms with Gasteiger partial charge in [-0.2, -0.15) is 0 Å². The third-order valence-electron chi connectivity index (χ3n) is 4.32. The zero-order chi connectivity index (χ0) is 22.3. The molecule has 0 spiro atoms. The van der Waals surface area contributed by atoms with Gasteiger partial charge in [0.05, 0.1) is 5.02 Å². The van der Waals surface area contributed by atoms with Crippen molar-refractivity contribution in [2.24, 2.45) is 0 Å². The predicted octanol–water partition coefficient (Wildman–Crippen LogP) is 5.73. The van der Waals surface area contributed by atoms with Gasteiger partial charge in [0.25, 0.3) is 5.91 Å². The van der Waals surface area contributed by atoms with Crippen LogP contribution in [0.5, 0.6) is 5.75 Å². The van der Waals surface area contributed by atoms with Gasteiger partial charge in [-0.1, -0.05) is 63.7 Å². The van der Waals surface area contributed by atoms with E-state index in [1.54, 1.807) is 43.3 Å².